The molecule has 60 valence electrons. The van der Waals surface area contributed by atoms with Crippen molar-refractivity contribution in [3.05, 3.63) is 29.8 Å². The highest BCUT2D eigenvalue weighted by molar-refractivity contribution is 7.98. The van der Waals surface area contributed by atoms with Gasteiger partial charge in [0, 0.05) is 12.0 Å². The van der Waals surface area contributed by atoms with Crippen LogP contribution in [0.25, 0.3) is 0 Å². The predicted octanol–water partition coefficient (Wildman–Crippen LogP) is 2.55. The summed E-state index contributed by atoms with van der Waals surface area (Å²) in [6.45, 7) is 0.703. The summed E-state index contributed by atoms with van der Waals surface area (Å²) in [6, 6.07) is 8.38. The molecule has 0 radical (unpaired) electrons. The number of ether oxygens (including phenoxy) is 1. The monoisotopic (exact) mass is 168 g/mol. The molecular formula is C9H12OS. The van der Waals surface area contributed by atoms with Crippen molar-refractivity contribution in [1.29, 1.82) is 0 Å². The highest BCUT2D eigenvalue weighted by atomic mass is 32.2. The normalized spacial score (nSPS) is 10.0. The molecule has 0 aromatic heterocycles. The summed E-state index contributed by atoms with van der Waals surface area (Å²) in [5, 5.41) is 0. The van der Waals surface area contributed by atoms with E-state index in [1.807, 2.05) is 0 Å². The molecule has 0 unspecified atom stereocenters. The number of hydrogen-bond acceptors (Lipinski definition) is 2. The van der Waals surface area contributed by atoms with E-state index in [0.717, 1.165) is 0 Å². The van der Waals surface area contributed by atoms with Crippen LogP contribution >= 0.6 is 11.8 Å². The molecule has 0 atom stereocenters. The molecule has 1 rings (SSSR count). The zero-order chi connectivity index (χ0) is 8.10. The van der Waals surface area contributed by atoms with Crippen LogP contribution in [0, 0.1) is 0 Å². The Morgan fingerprint density at radius 2 is 2.27 bits per heavy atom. The molecule has 0 bridgehead atoms. The molecule has 0 aliphatic heterocycles. The van der Waals surface area contributed by atoms with E-state index >= 15 is 0 Å². The molecule has 0 saturated carbocycles. The van der Waals surface area contributed by atoms with Gasteiger partial charge >= 0.3 is 0 Å². The third-order valence-electron chi connectivity index (χ3n) is 1.45. The average molecular weight is 168 g/mol. The Morgan fingerprint density at radius 3 is 2.91 bits per heavy atom. The van der Waals surface area contributed by atoms with Gasteiger partial charge < -0.3 is 4.74 Å². The van der Waals surface area contributed by atoms with Gasteiger partial charge in [-0.1, -0.05) is 12.1 Å². The first kappa shape index (κ1) is 8.62. The van der Waals surface area contributed by atoms with Crippen LogP contribution < -0.4 is 0 Å². The molecule has 0 N–H and O–H groups in total. The lowest BCUT2D eigenvalue weighted by Crippen LogP contribution is -1.86. The minimum atomic E-state index is 0.703. The Hall–Kier alpha value is -0.470. The molecule has 1 aromatic carbocycles. The SMILES string of the molecule is COCc1cccc(SC)c1. The van der Waals surface area contributed by atoms with Crippen molar-refractivity contribution < 1.29 is 4.74 Å². The lowest BCUT2D eigenvalue weighted by atomic mass is 10.2. The first-order chi connectivity index (χ1) is 5.36. The molecule has 0 aliphatic rings. The van der Waals surface area contributed by atoms with E-state index in [1.165, 1.54) is 10.5 Å². The van der Waals surface area contributed by atoms with Gasteiger partial charge in [-0.3, -0.25) is 0 Å². The fourth-order valence-corrected chi connectivity index (χ4v) is 1.41. The molecule has 0 heterocycles. The molecule has 0 aliphatic carbocycles. The van der Waals surface area contributed by atoms with Gasteiger partial charge in [0.15, 0.2) is 0 Å². The predicted molar refractivity (Wildman–Crippen MR) is 48.9 cm³/mol. The fourth-order valence-electron chi connectivity index (χ4n) is 0.929. The number of hydrogen-bond donors (Lipinski definition) is 0. The highest BCUT2D eigenvalue weighted by Gasteiger charge is 1.92. The molecule has 1 nitrogen and oxygen atoms in total. The van der Waals surface area contributed by atoms with Crippen molar-refractivity contribution in [2.24, 2.45) is 0 Å². The largest absolute Gasteiger partial charge is 0.380 e. The van der Waals surface area contributed by atoms with Gasteiger partial charge in [-0.2, -0.15) is 0 Å². The van der Waals surface area contributed by atoms with Crippen LogP contribution in [0.1, 0.15) is 5.56 Å². The minimum Gasteiger partial charge on any atom is -0.380 e. The second-order valence-electron chi connectivity index (χ2n) is 2.28. The van der Waals surface area contributed by atoms with Crippen molar-refractivity contribution >= 4 is 11.8 Å². The van der Waals surface area contributed by atoms with Crippen LogP contribution in [0.4, 0.5) is 0 Å². The lowest BCUT2D eigenvalue weighted by Gasteiger charge is -2.00. The van der Waals surface area contributed by atoms with Crippen LogP contribution in [0.15, 0.2) is 29.2 Å². The first-order valence-corrected chi connectivity index (χ1v) is 4.71. The zero-order valence-electron chi connectivity index (χ0n) is 6.83. The summed E-state index contributed by atoms with van der Waals surface area (Å²) >= 11 is 1.75. The van der Waals surface area contributed by atoms with Crippen molar-refractivity contribution in [2.75, 3.05) is 13.4 Å². The molecule has 0 amide bonds. The lowest BCUT2D eigenvalue weighted by molar-refractivity contribution is 0.184. The van der Waals surface area contributed by atoms with E-state index in [0.29, 0.717) is 6.61 Å². The maximum atomic E-state index is 5.02. The maximum absolute atomic E-state index is 5.02. The van der Waals surface area contributed by atoms with Gasteiger partial charge in [0.05, 0.1) is 6.61 Å². The summed E-state index contributed by atoms with van der Waals surface area (Å²) in [5.41, 5.74) is 1.24. The zero-order valence-corrected chi connectivity index (χ0v) is 7.65. The Kier molecular flexibility index (Phi) is 3.46. The minimum absolute atomic E-state index is 0.703. The Labute approximate surface area is 71.8 Å². The van der Waals surface area contributed by atoms with Crippen molar-refractivity contribution in [2.45, 2.75) is 11.5 Å². The molecule has 0 saturated heterocycles. The standard InChI is InChI=1S/C9H12OS/c1-10-7-8-4-3-5-9(6-8)11-2/h3-6H,7H2,1-2H3. The Balaban J connectivity index is 2.74. The van der Waals surface area contributed by atoms with Gasteiger partial charge in [-0.25, -0.2) is 0 Å². The van der Waals surface area contributed by atoms with Gasteiger partial charge in [0.25, 0.3) is 0 Å². The van der Waals surface area contributed by atoms with Crippen molar-refractivity contribution in [1.82, 2.24) is 0 Å². The Morgan fingerprint density at radius 1 is 1.45 bits per heavy atom. The molecule has 1 aromatic rings. The Bertz CT molecular complexity index is 223. The second-order valence-corrected chi connectivity index (χ2v) is 3.16. The smallest absolute Gasteiger partial charge is 0.0713 e. The van der Waals surface area contributed by atoms with E-state index in [-0.39, 0.29) is 0 Å². The quantitative estimate of drug-likeness (QED) is 0.641. The number of benzene rings is 1. The van der Waals surface area contributed by atoms with Crippen LogP contribution in [-0.4, -0.2) is 13.4 Å². The summed E-state index contributed by atoms with van der Waals surface area (Å²) in [7, 11) is 1.71. The van der Waals surface area contributed by atoms with Crippen LogP contribution in [0.2, 0.25) is 0 Å². The summed E-state index contributed by atoms with van der Waals surface area (Å²) in [5.74, 6) is 0. The van der Waals surface area contributed by atoms with Crippen molar-refractivity contribution in [3.63, 3.8) is 0 Å². The number of rotatable bonds is 3. The average Bonchev–Trinajstić information content (AvgIpc) is 2.06. The first-order valence-electron chi connectivity index (χ1n) is 3.48. The van der Waals surface area contributed by atoms with Crippen LogP contribution in [-0.2, 0) is 11.3 Å². The van der Waals surface area contributed by atoms with E-state index in [1.54, 1.807) is 18.9 Å². The van der Waals surface area contributed by atoms with Gasteiger partial charge in [0.2, 0.25) is 0 Å². The summed E-state index contributed by atoms with van der Waals surface area (Å²) in [4.78, 5) is 1.29. The molecular weight excluding hydrogens is 156 g/mol. The number of thioether (sulfide) groups is 1. The highest BCUT2D eigenvalue weighted by Crippen LogP contribution is 2.15. The van der Waals surface area contributed by atoms with E-state index in [4.69, 9.17) is 4.74 Å². The molecule has 0 spiro atoms. The maximum Gasteiger partial charge on any atom is 0.0713 e. The fraction of sp³-hybridized carbons (Fsp3) is 0.333. The number of methoxy groups -OCH3 is 1. The third kappa shape index (κ3) is 2.56. The van der Waals surface area contributed by atoms with Crippen LogP contribution in [0.3, 0.4) is 0 Å². The van der Waals surface area contributed by atoms with Crippen LogP contribution in [0.5, 0.6) is 0 Å². The molecule has 2 heteroatoms. The molecule has 0 fully saturated rings. The van der Waals surface area contributed by atoms with Crippen molar-refractivity contribution in [3.8, 4) is 0 Å². The second kappa shape index (κ2) is 4.42. The summed E-state index contributed by atoms with van der Waals surface area (Å²) < 4.78 is 5.02. The van der Waals surface area contributed by atoms with Gasteiger partial charge in [-0.05, 0) is 24.0 Å². The van der Waals surface area contributed by atoms with Gasteiger partial charge in [0.1, 0.15) is 0 Å². The van der Waals surface area contributed by atoms with E-state index in [2.05, 4.69) is 30.5 Å². The third-order valence-corrected chi connectivity index (χ3v) is 2.17. The topological polar surface area (TPSA) is 9.23 Å². The summed E-state index contributed by atoms with van der Waals surface area (Å²) in [6.07, 6.45) is 2.08. The van der Waals surface area contributed by atoms with E-state index in [9.17, 15) is 0 Å². The molecule has 11 heavy (non-hydrogen) atoms. The van der Waals surface area contributed by atoms with E-state index < -0.39 is 0 Å². The van der Waals surface area contributed by atoms with Gasteiger partial charge in [-0.15, -0.1) is 11.8 Å².